The Labute approximate surface area is 113 Å². The third-order valence-corrected chi connectivity index (χ3v) is 2.81. The zero-order valence-electron chi connectivity index (χ0n) is 11.0. The molecule has 5 heteroatoms. The molecule has 0 aliphatic rings. The number of nitrogens with one attached hydrogen (secondary N) is 2. The molecule has 0 spiro atoms. The van der Waals surface area contributed by atoms with Crippen LogP contribution in [0.1, 0.15) is 30.9 Å². The highest BCUT2D eigenvalue weighted by Gasteiger charge is 2.09. The van der Waals surface area contributed by atoms with Crippen LogP contribution in [0.2, 0.25) is 0 Å². The highest BCUT2D eigenvalue weighted by atomic mass is 16.3. The van der Waals surface area contributed by atoms with Crippen molar-refractivity contribution in [3.8, 4) is 6.07 Å². The number of benzene rings is 1. The molecule has 1 aromatic rings. The third kappa shape index (κ3) is 5.40. The molecule has 0 aliphatic heterocycles. The lowest BCUT2D eigenvalue weighted by Crippen LogP contribution is -2.41. The molecule has 1 aromatic carbocycles. The number of nitrogens with zero attached hydrogens (tertiary/aromatic N) is 1. The van der Waals surface area contributed by atoms with Gasteiger partial charge in [0, 0.05) is 19.2 Å². The number of aliphatic hydroxyl groups excluding tert-OH is 1. The normalized spacial score (nSPS) is 11.4. The molecule has 102 valence electrons. The van der Waals surface area contributed by atoms with E-state index in [2.05, 4.69) is 16.7 Å². The summed E-state index contributed by atoms with van der Waals surface area (Å²) >= 11 is 0. The van der Waals surface area contributed by atoms with E-state index in [1.807, 2.05) is 13.0 Å². The summed E-state index contributed by atoms with van der Waals surface area (Å²) in [5.41, 5.74) is 1.45. The smallest absolute Gasteiger partial charge is 0.315 e. The number of hydrogen-bond donors (Lipinski definition) is 3. The summed E-state index contributed by atoms with van der Waals surface area (Å²) in [4.78, 5) is 11.6. The number of amides is 2. The Morgan fingerprint density at radius 2 is 2.32 bits per heavy atom. The first kappa shape index (κ1) is 15.0. The highest BCUT2D eigenvalue weighted by Crippen LogP contribution is 2.03. The van der Waals surface area contributed by atoms with Crippen LogP contribution in [0.15, 0.2) is 24.3 Å². The zero-order valence-corrected chi connectivity index (χ0v) is 11.0. The van der Waals surface area contributed by atoms with Crippen LogP contribution in [-0.4, -0.2) is 23.8 Å². The van der Waals surface area contributed by atoms with Crippen LogP contribution < -0.4 is 10.6 Å². The lowest BCUT2D eigenvalue weighted by Gasteiger charge is -2.16. The average Bonchev–Trinajstić information content (AvgIpc) is 2.45. The van der Waals surface area contributed by atoms with Crippen molar-refractivity contribution in [2.24, 2.45) is 0 Å². The van der Waals surface area contributed by atoms with E-state index in [1.165, 1.54) is 0 Å². The van der Waals surface area contributed by atoms with Crippen molar-refractivity contribution in [3.05, 3.63) is 35.4 Å². The van der Waals surface area contributed by atoms with Crippen LogP contribution in [0.25, 0.3) is 0 Å². The number of hydrogen-bond acceptors (Lipinski definition) is 3. The first-order valence-corrected chi connectivity index (χ1v) is 6.33. The topological polar surface area (TPSA) is 85.2 Å². The van der Waals surface area contributed by atoms with Gasteiger partial charge in [0.25, 0.3) is 0 Å². The van der Waals surface area contributed by atoms with E-state index >= 15 is 0 Å². The van der Waals surface area contributed by atoms with Gasteiger partial charge < -0.3 is 15.7 Å². The summed E-state index contributed by atoms with van der Waals surface area (Å²) in [6.45, 7) is 2.39. The molecule has 0 radical (unpaired) electrons. The second kappa shape index (κ2) is 8.11. The summed E-state index contributed by atoms with van der Waals surface area (Å²) in [6.07, 6.45) is 1.33. The van der Waals surface area contributed by atoms with Gasteiger partial charge in [-0.1, -0.05) is 19.1 Å². The van der Waals surface area contributed by atoms with E-state index in [4.69, 9.17) is 10.4 Å². The summed E-state index contributed by atoms with van der Waals surface area (Å²) in [5, 5.41) is 23.1. The largest absolute Gasteiger partial charge is 0.396 e. The lowest BCUT2D eigenvalue weighted by atomic mass is 10.1. The van der Waals surface area contributed by atoms with E-state index in [0.29, 0.717) is 18.5 Å². The molecule has 3 N–H and O–H groups in total. The van der Waals surface area contributed by atoms with Gasteiger partial charge in [-0.25, -0.2) is 4.79 Å². The van der Waals surface area contributed by atoms with Gasteiger partial charge in [-0.05, 0) is 30.5 Å². The Hall–Kier alpha value is -2.06. The number of urea groups is 1. The molecular weight excluding hydrogens is 242 g/mol. The van der Waals surface area contributed by atoms with Crippen molar-refractivity contribution in [2.75, 3.05) is 6.61 Å². The predicted molar refractivity (Wildman–Crippen MR) is 72.3 cm³/mol. The van der Waals surface area contributed by atoms with Gasteiger partial charge in [0.05, 0.1) is 11.6 Å². The standard InChI is InChI=1S/C14H19N3O2/c1-2-13(6-7-18)17-14(19)16-10-12-5-3-4-11(8-12)9-15/h3-5,8,13,18H,2,6-7,10H2,1H3,(H2,16,17,19). The molecule has 1 rings (SSSR count). The van der Waals surface area contributed by atoms with Crippen molar-refractivity contribution in [2.45, 2.75) is 32.4 Å². The molecular formula is C14H19N3O2. The van der Waals surface area contributed by atoms with E-state index in [0.717, 1.165) is 12.0 Å². The summed E-state index contributed by atoms with van der Waals surface area (Å²) in [5.74, 6) is 0. The lowest BCUT2D eigenvalue weighted by molar-refractivity contribution is 0.227. The summed E-state index contributed by atoms with van der Waals surface area (Å²) in [6, 6.07) is 8.88. The minimum Gasteiger partial charge on any atom is -0.396 e. The minimum absolute atomic E-state index is 0.0181. The third-order valence-electron chi connectivity index (χ3n) is 2.81. The van der Waals surface area contributed by atoms with Gasteiger partial charge in [0.1, 0.15) is 0 Å². The summed E-state index contributed by atoms with van der Waals surface area (Å²) < 4.78 is 0. The number of nitriles is 1. The number of carbonyl (C=O) groups is 1. The van der Waals surface area contributed by atoms with E-state index in [9.17, 15) is 4.79 Å². The van der Waals surface area contributed by atoms with E-state index in [-0.39, 0.29) is 18.7 Å². The minimum atomic E-state index is -0.261. The maximum absolute atomic E-state index is 11.6. The second-order valence-corrected chi connectivity index (χ2v) is 4.26. The molecule has 0 saturated heterocycles. The van der Waals surface area contributed by atoms with Crippen LogP contribution in [0.3, 0.4) is 0 Å². The Kier molecular flexibility index (Phi) is 6.41. The molecule has 0 saturated carbocycles. The van der Waals surface area contributed by atoms with Crippen molar-refractivity contribution >= 4 is 6.03 Å². The molecule has 0 aliphatic carbocycles. The molecule has 1 atom stereocenters. The molecule has 1 unspecified atom stereocenters. The Bertz CT molecular complexity index is 454. The van der Waals surface area contributed by atoms with Crippen molar-refractivity contribution < 1.29 is 9.90 Å². The number of aliphatic hydroxyl groups is 1. The van der Waals surface area contributed by atoms with Gasteiger partial charge in [-0.3, -0.25) is 0 Å². The van der Waals surface area contributed by atoms with Crippen molar-refractivity contribution in [3.63, 3.8) is 0 Å². The van der Waals surface area contributed by atoms with Crippen LogP contribution in [-0.2, 0) is 6.54 Å². The first-order chi connectivity index (χ1) is 9.19. The number of rotatable bonds is 6. The second-order valence-electron chi connectivity index (χ2n) is 4.26. The van der Waals surface area contributed by atoms with E-state index < -0.39 is 0 Å². The zero-order chi connectivity index (χ0) is 14.1. The number of carbonyl (C=O) groups excluding carboxylic acids is 1. The maximum atomic E-state index is 11.6. The van der Waals surface area contributed by atoms with Gasteiger partial charge in [-0.15, -0.1) is 0 Å². The van der Waals surface area contributed by atoms with Gasteiger partial charge in [0.15, 0.2) is 0 Å². The SMILES string of the molecule is CCC(CCO)NC(=O)NCc1cccc(C#N)c1. The van der Waals surface area contributed by atoms with Crippen LogP contribution in [0.5, 0.6) is 0 Å². The molecule has 5 nitrogen and oxygen atoms in total. The van der Waals surface area contributed by atoms with Crippen LogP contribution >= 0.6 is 0 Å². The van der Waals surface area contributed by atoms with Gasteiger partial charge in [0.2, 0.25) is 0 Å². The molecule has 0 aromatic heterocycles. The molecule has 0 heterocycles. The molecule has 0 fully saturated rings. The predicted octanol–water partition coefficient (Wildman–Crippen LogP) is 1.52. The maximum Gasteiger partial charge on any atom is 0.315 e. The highest BCUT2D eigenvalue weighted by molar-refractivity contribution is 5.74. The first-order valence-electron chi connectivity index (χ1n) is 6.33. The monoisotopic (exact) mass is 261 g/mol. The van der Waals surface area contributed by atoms with Crippen LogP contribution in [0, 0.1) is 11.3 Å². The molecule has 2 amide bonds. The fourth-order valence-electron chi connectivity index (χ4n) is 1.70. The quantitative estimate of drug-likeness (QED) is 0.725. The van der Waals surface area contributed by atoms with Crippen molar-refractivity contribution in [1.82, 2.24) is 10.6 Å². The average molecular weight is 261 g/mol. The van der Waals surface area contributed by atoms with Gasteiger partial charge in [-0.2, -0.15) is 5.26 Å². The Morgan fingerprint density at radius 1 is 1.53 bits per heavy atom. The Morgan fingerprint density at radius 3 is 2.95 bits per heavy atom. The fourth-order valence-corrected chi connectivity index (χ4v) is 1.70. The molecule has 0 bridgehead atoms. The fraction of sp³-hybridized carbons (Fsp3) is 0.429. The van der Waals surface area contributed by atoms with Crippen LogP contribution in [0.4, 0.5) is 4.79 Å². The van der Waals surface area contributed by atoms with Crippen molar-refractivity contribution in [1.29, 1.82) is 5.26 Å². The summed E-state index contributed by atoms with van der Waals surface area (Å²) in [7, 11) is 0. The molecule has 19 heavy (non-hydrogen) atoms. The van der Waals surface area contributed by atoms with Gasteiger partial charge >= 0.3 is 6.03 Å². The van der Waals surface area contributed by atoms with E-state index in [1.54, 1.807) is 18.2 Å². The Balaban J connectivity index is 2.43.